The van der Waals surface area contributed by atoms with Crippen molar-refractivity contribution in [1.82, 2.24) is 20.1 Å². The molecule has 6 nitrogen and oxygen atoms in total. The zero-order valence-electron chi connectivity index (χ0n) is 14.7. The number of benzene rings is 2. The molecule has 0 saturated carbocycles. The molecule has 3 rings (SSSR count). The van der Waals surface area contributed by atoms with Crippen LogP contribution in [0.15, 0.2) is 54.6 Å². The Morgan fingerprint density at radius 1 is 1.08 bits per heavy atom. The van der Waals surface area contributed by atoms with Crippen molar-refractivity contribution in [2.24, 2.45) is 0 Å². The zero-order valence-corrected chi connectivity index (χ0v) is 14.7. The van der Waals surface area contributed by atoms with Crippen LogP contribution in [0.1, 0.15) is 26.3 Å². The Morgan fingerprint density at radius 2 is 1.76 bits per heavy atom. The summed E-state index contributed by atoms with van der Waals surface area (Å²) in [5, 5.41) is 7.97. The summed E-state index contributed by atoms with van der Waals surface area (Å²) in [5.74, 6) is -0.101. The van der Waals surface area contributed by atoms with E-state index in [4.69, 9.17) is 4.84 Å². The van der Waals surface area contributed by atoms with E-state index in [2.05, 4.69) is 10.3 Å². The number of hydrogen-bond donors (Lipinski definition) is 0. The SMILES string of the molecule is CC(C)(C)N(Cc1ccccc1)C(=O)COn1nnc2ccccc21. The Morgan fingerprint density at radius 3 is 2.48 bits per heavy atom. The molecule has 2 aromatic carbocycles. The Bertz CT molecular complexity index is 852. The van der Waals surface area contributed by atoms with Gasteiger partial charge >= 0.3 is 0 Å². The maximum absolute atomic E-state index is 12.8. The van der Waals surface area contributed by atoms with Crippen LogP contribution in [0.4, 0.5) is 0 Å². The first kappa shape index (κ1) is 17.0. The molecule has 0 spiro atoms. The number of aromatic nitrogens is 3. The fourth-order valence-corrected chi connectivity index (χ4v) is 2.60. The quantitative estimate of drug-likeness (QED) is 0.718. The smallest absolute Gasteiger partial charge is 0.264 e. The highest BCUT2D eigenvalue weighted by atomic mass is 16.7. The summed E-state index contributed by atoms with van der Waals surface area (Å²) in [6, 6.07) is 17.4. The van der Waals surface area contributed by atoms with Crippen LogP contribution in [0.2, 0.25) is 0 Å². The van der Waals surface area contributed by atoms with Crippen molar-refractivity contribution in [2.75, 3.05) is 6.61 Å². The van der Waals surface area contributed by atoms with E-state index in [1.54, 1.807) is 4.90 Å². The van der Waals surface area contributed by atoms with Crippen LogP contribution < -0.4 is 4.84 Å². The van der Waals surface area contributed by atoms with Crippen molar-refractivity contribution in [3.05, 3.63) is 60.2 Å². The first-order valence-corrected chi connectivity index (χ1v) is 8.23. The van der Waals surface area contributed by atoms with E-state index in [1.807, 2.05) is 75.4 Å². The van der Waals surface area contributed by atoms with Gasteiger partial charge in [-0.05, 0) is 43.7 Å². The highest BCUT2D eigenvalue weighted by Crippen LogP contribution is 2.17. The number of rotatable bonds is 5. The molecule has 25 heavy (non-hydrogen) atoms. The number of nitrogens with zero attached hydrogens (tertiary/aromatic N) is 4. The molecule has 0 aliphatic heterocycles. The lowest BCUT2D eigenvalue weighted by Gasteiger charge is -2.35. The molecule has 0 fully saturated rings. The first-order valence-electron chi connectivity index (χ1n) is 8.23. The molecule has 0 unspecified atom stereocenters. The molecule has 1 amide bonds. The van der Waals surface area contributed by atoms with Gasteiger partial charge in [0.05, 0.1) is 0 Å². The number of hydrogen-bond acceptors (Lipinski definition) is 4. The van der Waals surface area contributed by atoms with E-state index in [-0.39, 0.29) is 18.1 Å². The Hall–Kier alpha value is -2.89. The van der Waals surface area contributed by atoms with Gasteiger partial charge in [-0.25, -0.2) is 0 Å². The van der Waals surface area contributed by atoms with Gasteiger partial charge in [0.25, 0.3) is 5.91 Å². The third kappa shape index (κ3) is 3.96. The minimum atomic E-state index is -0.319. The summed E-state index contributed by atoms with van der Waals surface area (Å²) in [4.78, 5) is 21.5. The number of para-hydroxylation sites is 1. The monoisotopic (exact) mass is 338 g/mol. The van der Waals surface area contributed by atoms with E-state index < -0.39 is 0 Å². The normalized spacial score (nSPS) is 11.5. The fraction of sp³-hybridized carbons (Fsp3) is 0.316. The Balaban J connectivity index is 1.72. The summed E-state index contributed by atoms with van der Waals surface area (Å²) in [7, 11) is 0. The largest absolute Gasteiger partial charge is 0.385 e. The van der Waals surface area contributed by atoms with Crippen LogP contribution in [0.5, 0.6) is 0 Å². The average molecular weight is 338 g/mol. The summed E-state index contributed by atoms with van der Waals surface area (Å²) in [6.07, 6.45) is 0. The van der Waals surface area contributed by atoms with Gasteiger partial charge < -0.3 is 9.74 Å². The van der Waals surface area contributed by atoms with Crippen LogP contribution in [0.25, 0.3) is 11.0 Å². The fourth-order valence-electron chi connectivity index (χ4n) is 2.60. The first-order chi connectivity index (χ1) is 11.9. The molecule has 1 heterocycles. The van der Waals surface area contributed by atoms with E-state index in [1.165, 1.54) is 4.85 Å². The molecule has 0 aliphatic rings. The van der Waals surface area contributed by atoms with Gasteiger partial charge in [-0.3, -0.25) is 4.79 Å². The van der Waals surface area contributed by atoms with Crippen molar-refractivity contribution in [3.63, 3.8) is 0 Å². The number of carbonyl (C=O) groups is 1. The van der Waals surface area contributed by atoms with E-state index >= 15 is 0 Å². The molecule has 0 radical (unpaired) electrons. The van der Waals surface area contributed by atoms with Crippen LogP contribution in [-0.4, -0.2) is 38.1 Å². The van der Waals surface area contributed by atoms with Crippen LogP contribution in [0, 0.1) is 0 Å². The van der Waals surface area contributed by atoms with Gasteiger partial charge in [0.15, 0.2) is 6.61 Å². The van der Waals surface area contributed by atoms with Gasteiger partial charge in [0.1, 0.15) is 11.0 Å². The maximum atomic E-state index is 12.8. The number of amides is 1. The predicted octanol–water partition coefficient (Wildman–Crippen LogP) is 2.69. The second-order valence-corrected chi connectivity index (χ2v) is 6.86. The third-order valence-electron chi connectivity index (χ3n) is 3.93. The molecule has 0 N–H and O–H groups in total. The number of fused-ring (bicyclic) bond motifs is 1. The Labute approximate surface area is 147 Å². The van der Waals surface area contributed by atoms with Crippen molar-refractivity contribution in [1.29, 1.82) is 0 Å². The molecule has 0 atom stereocenters. The standard InChI is InChI=1S/C19H22N4O2/c1-19(2,3)22(13-15-9-5-4-6-10-15)18(24)14-25-23-17-12-8-7-11-16(17)20-21-23/h4-12H,13-14H2,1-3H3. The average Bonchev–Trinajstić information content (AvgIpc) is 3.01. The lowest BCUT2D eigenvalue weighted by Crippen LogP contribution is -2.47. The van der Waals surface area contributed by atoms with Crippen LogP contribution in [0.3, 0.4) is 0 Å². The van der Waals surface area contributed by atoms with E-state index in [9.17, 15) is 4.79 Å². The minimum Gasteiger partial charge on any atom is -0.385 e. The molecular formula is C19H22N4O2. The minimum absolute atomic E-state index is 0.0997. The molecule has 6 heteroatoms. The Kier molecular flexibility index (Phi) is 4.70. The van der Waals surface area contributed by atoms with Gasteiger partial charge in [0.2, 0.25) is 0 Å². The summed E-state index contributed by atoms with van der Waals surface area (Å²) in [6.45, 7) is 6.47. The van der Waals surface area contributed by atoms with Gasteiger partial charge in [-0.1, -0.05) is 47.3 Å². The second-order valence-electron chi connectivity index (χ2n) is 6.86. The second kappa shape index (κ2) is 6.93. The molecule has 0 aliphatic carbocycles. The molecular weight excluding hydrogens is 316 g/mol. The van der Waals surface area contributed by atoms with E-state index in [0.717, 1.165) is 16.6 Å². The topological polar surface area (TPSA) is 60.2 Å². The predicted molar refractivity (Wildman–Crippen MR) is 95.7 cm³/mol. The summed E-state index contributed by atoms with van der Waals surface area (Å²) in [5.41, 5.74) is 2.23. The summed E-state index contributed by atoms with van der Waals surface area (Å²) >= 11 is 0. The van der Waals surface area contributed by atoms with Crippen molar-refractivity contribution < 1.29 is 9.63 Å². The van der Waals surface area contributed by atoms with Crippen molar-refractivity contribution in [2.45, 2.75) is 32.9 Å². The lowest BCUT2D eigenvalue weighted by molar-refractivity contribution is -0.142. The van der Waals surface area contributed by atoms with E-state index in [0.29, 0.717) is 6.54 Å². The molecule has 0 saturated heterocycles. The lowest BCUT2D eigenvalue weighted by atomic mass is 10.0. The van der Waals surface area contributed by atoms with Crippen LogP contribution in [-0.2, 0) is 11.3 Å². The maximum Gasteiger partial charge on any atom is 0.264 e. The van der Waals surface area contributed by atoms with Crippen molar-refractivity contribution >= 4 is 16.9 Å². The van der Waals surface area contributed by atoms with Crippen molar-refractivity contribution in [3.8, 4) is 0 Å². The molecule has 3 aromatic rings. The van der Waals surface area contributed by atoms with Gasteiger partial charge in [-0.2, -0.15) is 0 Å². The van der Waals surface area contributed by atoms with Crippen LogP contribution >= 0.6 is 0 Å². The highest BCUT2D eigenvalue weighted by Gasteiger charge is 2.27. The zero-order chi connectivity index (χ0) is 17.9. The van der Waals surface area contributed by atoms with Gasteiger partial charge in [0, 0.05) is 12.1 Å². The molecule has 130 valence electrons. The van der Waals surface area contributed by atoms with Gasteiger partial charge in [-0.15, -0.1) is 5.10 Å². The highest BCUT2D eigenvalue weighted by molar-refractivity contribution is 5.78. The third-order valence-corrected chi connectivity index (χ3v) is 3.93. The summed E-state index contributed by atoms with van der Waals surface area (Å²) < 4.78 is 0. The molecule has 0 bridgehead atoms. The molecule has 1 aromatic heterocycles. The number of carbonyl (C=O) groups excluding carboxylic acids is 1.